The van der Waals surface area contributed by atoms with Gasteiger partial charge < -0.3 is 14.8 Å². The van der Waals surface area contributed by atoms with Crippen molar-refractivity contribution >= 4 is 45.4 Å². The summed E-state index contributed by atoms with van der Waals surface area (Å²) in [6.07, 6.45) is 1.88. The van der Waals surface area contributed by atoms with E-state index in [1.807, 2.05) is 73.7 Å². The number of amidine groups is 1. The minimum atomic E-state index is -0.169. The normalized spacial score (nSPS) is 16.4. The maximum atomic E-state index is 12.5. The average Bonchev–Trinajstić information content (AvgIpc) is 3.09. The van der Waals surface area contributed by atoms with Crippen LogP contribution in [0.15, 0.2) is 70.6 Å². The van der Waals surface area contributed by atoms with Gasteiger partial charge in [0, 0.05) is 5.56 Å². The fourth-order valence-electron chi connectivity index (χ4n) is 3.09. The predicted octanol–water partition coefficient (Wildman–Crippen LogP) is 5.14. The lowest BCUT2D eigenvalue weighted by atomic mass is 10.0. The summed E-state index contributed by atoms with van der Waals surface area (Å²) in [4.78, 5) is 17.6. The lowest BCUT2D eigenvalue weighted by Crippen LogP contribution is -2.19. The molecule has 146 valence electrons. The molecule has 1 fully saturated rings. The van der Waals surface area contributed by atoms with E-state index in [1.165, 1.54) is 11.8 Å². The van der Waals surface area contributed by atoms with Crippen LogP contribution >= 0.6 is 11.8 Å². The van der Waals surface area contributed by atoms with Crippen LogP contribution in [-0.4, -0.2) is 24.8 Å². The molecule has 0 unspecified atom stereocenters. The highest BCUT2D eigenvalue weighted by Gasteiger charge is 2.24. The van der Waals surface area contributed by atoms with Gasteiger partial charge in [-0.15, -0.1) is 0 Å². The molecule has 1 saturated heterocycles. The molecule has 0 aliphatic carbocycles. The van der Waals surface area contributed by atoms with E-state index < -0.39 is 0 Å². The van der Waals surface area contributed by atoms with Crippen molar-refractivity contribution in [1.29, 1.82) is 0 Å². The summed E-state index contributed by atoms with van der Waals surface area (Å²) < 4.78 is 11.0. The quantitative estimate of drug-likeness (QED) is 0.598. The average molecular weight is 404 g/mol. The number of carbonyl (C=O) groups excluding carboxylic acids is 1. The fraction of sp³-hybridized carbons (Fsp3) is 0.130. The predicted molar refractivity (Wildman–Crippen MR) is 119 cm³/mol. The Morgan fingerprint density at radius 3 is 2.62 bits per heavy atom. The molecule has 0 saturated carbocycles. The van der Waals surface area contributed by atoms with Crippen LogP contribution < -0.4 is 14.8 Å². The number of nitrogens with zero attached hydrogens (tertiary/aromatic N) is 1. The van der Waals surface area contributed by atoms with Crippen LogP contribution in [0, 0.1) is 0 Å². The molecule has 5 nitrogen and oxygen atoms in total. The summed E-state index contributed by atoms with van der Waals surface area (Å²) in [5.41, 5.74) is 1.64. The summed E-state index contributed by atoms with van der Waals surface area (Å²) in [5, 5.41) is 5.52. The van der Waals surface area contributed by atoms with Gasteiger partial charge in [-0.1, -0.05) is 30.3 Å². The Morgan fingerprint density at radius 2 is 1.86 bits per heavy atom. The molecule has 1 aliphatic heterocycles. The monoisotopic (exact) mass is 404 g/mol. The molecule has 6 heteroatoms. The second-order valence-corrected chi connectivity index (χ2v) is 7.34. The number of nitrogens with one attached hydrogen (secondary N) is 1. The van der Waals surface area contributed by atoms with Crippen molar-refractivity contribution in [1.82, 2.24) is 5.32 Å². The zero-order valence-corrected chi connectivity index (χ0v) is 17.0. The van der Waals surface area contributed by atoms with E-state index in [9.17, 15) is 4.79 Å². The van der Waals surface area contributed by atoms with Gasteiger partial charge in [-0.3, -0.25) is 4.79 Å². The zero-order valence-electron chi connectivity index (χ0n) is 16.1. The van der Waals surface area contributed by atoms with E-state index >= 15 is 0 Å². The molecule has 1 heterocycles. The molecule has 1 aliphatic rings. The van der Waals surface area contributed by atoms with E-state index in [0.29, 0.717) is 16.7 Å². The first-order valence-electron chi connectivity index (χ1n) is 9.26. The standard InChI is InChI=1S/C23H20N2O3S/c1-3-28-20-13-8-15-6-4-5-7-18(15)19(20)14-21-22(26)25-23(29-21)24-16-9-11-17(27-2)12-10-16/h4-14H,3H2,1-2H3,(H,24,25,26)/b21-14+. The summed E-state index contributed by atoms with van der Waals surface area (Å²) in [6.45, 7) is 2.50. The number of rotatable bonds is 5. The lowest BCUT2D eigenvalue weighted by molar-refractivity contribution is -0.115. The molecule has 0 aromatic heterocycles. The van der Waals surface area contributed by atoms with Crippen molar-refractivity contribution in [3.63, 3.8) is 0 Å². The van der Waals surface area contributed by atoms with E-state index in [-0.39, 0.29) is 5.91 Å². The highest BCUT2D eigenvalue weighted by Crippen LogP contribution is 2.34. The van der Waals surface area contributed by atoms with E-state index in [0.717, 1.165) is 33.5 Å². The summed E-state index contributed by atoms with van der Waals surface area (Å²) >= 11 is 1.32. The van der Waals surface area contributed by atoms with Gasteiger partial charge in [-0.05, 0) is 65.9 Å². The van der Waals surface area contributed by atoms with Crippen molar-refractivity contribution in [3.05, 3.63) is 71.1 Å². The van der Waals surface area contributed by atoms with Crippen LogP contribution in [0.2, 0.25) is 0 Å². The third-order valence-electron chi connectivity index (χ3n) is 4.46. The highest BCUT2D eigenvalue weighted by atomic mass is 32.2. The summed E-state index contributed by atoms with van der Waals surface area (Å²) in [6, 6.07) is 19.4. The number of fused-ring (bicyclic) bond motifs is 1. The van der Waals surface area contributed by atoms with Crippen molar-refractivity contribution in [2.45, 2.75) is 6.92 Å². The van der Waals surface area contributed by atoms with Gasteiger partial charge in [0.2, 0.25) is 0 Å². The third kappa shape index (κ3) is 4.12. The number of thioether (sulfide) groups is 1. The third-order valence-corrected chi connectivity index (χ3v) is 5.37. The number of methoxy groups -OCH3 is 1. The van der Waals surface area contributed by atoms with Gasteiger partial charge in [0.15, 0.2) is 5.17 Å². The highest BCUT2D eigenvalue weighted by molar-refractivity contribution is 8.18. The van der Waals surface area contributed by atoms with Crippen LogP contribution in [0.3, 0.4) is 0 Å². The summed E-state index contributed by atoms with van der Waals surface area (Å²) in [7, 11) is 1.62. The van der Waals surface area contributed by atoms with Gasteiger partial charge in [0.1, 0.15) is 11.5 Å². The first-order chi connectivity index (χ1) is 14.2. The molecule has 0 radical (unpaired) electrons. The number of amides is 1. The largest absolute Gasteiger partial charge is 0.497 e. The second kappa shape index (κ2) is 8.41. The molecule has 0 spiro atoms. The zero-order chi connectivity index (χ0) is 20.2. The molecular weight excluding hydrogens is 384 g/mol. The van der Waals surface area contributed by atoms with Gasteiger partial charge >= 0.3 is 0 Å². The van der Waals surface area contributed by atoms with Crippen LogP contribution in [0.1, 0.15) is 12.5 Å². The Labute approximate surface area is 173 Å². The van der Waals surface area contributed by atoms with Crippen molar-refractivity contribution in [3.8, 4) is 11.5 Å². The number of ether oxygens (including phenoxy) is 2. The molecule has 1 amide bonds. The molecule has 29 heavy (non-hydrogen) atoms. The fourth-order valence-corrected chi connectivity index (χ4v) is 3.92. The Morgan fingerprint density at radius 1 is 1.07 bits per heavy atom. The molecule has 0 bridgehead atoms. The number of hydrogen-bond donors (Lipinski definition) is 1. The topological polar surface area (TPSA) is 59.9 Å². The first-order valence-corrected chi connectivity index (χ1v) is 10.1. The smallest absolute Gasteiger partial charge is 0.264 e. The van der Waals surface area contributed by atoms with Crippen LogP contribution in [0.25, 0.3) is 16.8 Å². The van der Waals surface area contributed by atoms with Crippen molar-refractivity contribution < 1.29 is 14.3 Å². The van der Waals surface area contributed by atoms with Gasteiger partial charge in [-0.2, -0.15) is 0 Å². The van der Waals surface area contributed by atoms with E-state index in [4.69, 9.17) is 9.47 Å². The minimum absolute atomic E-state index is 0.169. The SMILES string of the molecule is CCOc1ccc2ccccc2c1/C=C1/SC(=Nc2ccc(OC)cc2)NC1=O. The van der Waals surface area contributed by atoms with Crippen molar-refractivity contribution in [2.24, 2.45) is 4.99 Å². The minimum Gasteiger partial charge on any atom is -0.497 e. The van der Waals surface area contributed by atoms with Crippen LogP contribution in [0.5, 0.6) is 11.5 Å². The molecule has 0 atom stereocenters. The molecule has 3 aromatic rings. The maximum Gasteiger partial charge on any atom is 0.264 e. The lowest BCUT2D eigenvalue weighted by Gasteiger charge is -2.11. The Bertz CT molecular complexity index is 1120. The molecule has 4 rings (SSSR count). The maximum absolute atomic E-state index is 12.5. The Hall–Kier alpha value is -3.25. The number of hydrogen-bond acceptors (Lipinski definition) is 5. The van der Waals surface area contributed by atoms with E-state index in [1.54, 1.807) is 7.11 Å². The van der Waals surface area contributed by atoms with Crippen LogP contribution in [-0.2, 0) is 4.79 Å². The van der Waals surface area contributed by atoms with Crippen molar-refractivity contribution in [2.75, 3.05) is 13.7 Å². The molecular formula is C23H20N2O3S. The summed E-state index contributed by atoms with van der Waals surface area (Å²) in [5.74, 6) is 1.35. The second-order valence-electron chi connectivity index (χ2n) is 6.31. The number of carbonyl (C=O) groups is 1. The molecule has 3 aromatic carbocycles. The van der Waals surface area contributed by atoms with Gasteiger partial charge in [-0.25, -0.2) is 4.99 Å². The Balaban J connectivity index is 1.69. The number of benzene rings is 3. The Kier molecular flexibility index (Phi) is 5.53. The number of aliphatic imine (C=N–C) groups is 1. The first kappa shape index (κ1) is 19.1. The van der Waals surface area contributed by atoms with Gasteiger partial charge in [0.25, 0.3) is 5.91 Å². The van der Waals surface area contributed by atoms with Gasteiger partial charge in [0.05, 0.1) is 24.3 Å². The molecule has 1 N–H and O–H groups in total. The van der Waals surface area contributed by atoms with Crippen LogP contribution in [0.4, 0.5) is 5.69 Å². The van der Waals surface area contributed by atoms with E-state index in [2.05, 4.69) is 10.3 Å².